The van der Waals surface area contributed by atoms with Crippen molar-refractivity contribution < 1.29 is 19.4 Å². The van der Waals surface area contributed by atoms with Crippen molar-refractivity contribution >= 4 is 11.8 Å². The number of ether oxygens (including phenoxy) is 1. The van der Waals surface area contributed by atoms with Crippen molar-refractivity contribution in [1.82, 2.24) is 10.2 Å². The molecule has 1 saturated heterocycles. The van der Waals surface area contributed by atoms with E-state index in [1.807, 2.05) is 23.1 Å². The quantitative estimate of drug-likeness (QED) is 0.786. The molecule has 4 aliphatic carbocycles. The second-order valence-electron chi connectivity index (χ2n) is 10.8. The van der Waals surface area contributed by atoms with Crippen molar-refractivity contribution in [3.05, 3.63) is 29.8 Å². The van der Waals surface area contributed by atoms with Crippen molar-refractivity contribution in [2.75, 3.05) is 13.1 Å². The highest BCUT2D eigenvalue weighted by Crippen LogP contribution is 2.63. The van der Waals surface area contributed by atoms with Crippen LogP contribution >= 0.6 is 0 Å². The number of carbonyl (C=O) groups is 2. The molecule has 30 heavy (non-hydrogen) atoms. The van der Waals surface area contributed by atoms with Crippen LogP contribution in [0.5, 0.6) is 5.75 Å². The molecule has 0 unspecified atom stereocenters. The van der Waals surface area contributed by atoms with Crippen LogP contribution in [0, 0.1) is 17.3 Å². The lowest BCUT2D eigenvalue weighted by atomic mass is 9.47. The largest absolute Gasteiger partial charge is 0.467 e. The summed E-state index contributed by atoms with van der Waals surface area (Å²) in [7, 11) is 0. The van der Waals surface area contributed by atoms with Gasteiger partial charge in [0, 0.05) is 32.4 Å². The van der Waals surface area contributed by atoms with Crippen LogP contribution in [0.4, 0.5) is 0 Å². The van der Waals surface area contributed by atoms with E-state index in [1.165, 1.54) is 6.42 Å². The monoisotopic (exact) mass is 410 g/mol. The lowest BCUT2D eigenvalue weighted by Crippen LogP contribution is -2.62. The molecule has 0 radical (unpaired) electrons. The average Bonchev–Trinajstić information content (AvgIpc) is 2.66. The zero-order chi connectivity index (χ0) is 20.6. The predicted molar refractivity (Wildman–Crippen MR) is 110 cm³/mol. The number of nitrogens with one attached hydrogen (secondary N) is 1. The fourth-order valence-electron chi connectivity index (χ4n) is 7.64. The second-order valence-corrected chi connectivity index (χ2v) is 10.8. The second kappa shape index (κ2) is 6.22. The highest BCUT2D eigenvalue weighted by Gasteiger charge is 2.58. The number of para-hydroxylation sites is 1. The summed E-state index contributed by atoms with van der Waals surface area (Å²) < 4.78 is 6.20. The number of fused-ring (bicyclic) bond motifs is 1. The average molecular weight is 411 g/mol. The van der Waals surface area contributed by atoms with Gasteiger partial charge in [-0.2, -0.15) is 0 Å². The van der Waals surface area contributed by atoms with Crippen molar-refractivity contribution in [3.8, 4) is 5.75 Å². The molecular weight excluding hydrogens is 380 g/mol. The Balaban J connectivity index is 1.12. The summed E-state index contributed by atoms with van der Waals surface area (Å²) in [6.07, 6.45) is 7.87. The van der Waals surface area contributed by atoms with Crippen LogP contribution in [0.15, 0.2) is 24.3 Å². The van der Waals surface area contributed by atoms with Crippen molar-refractivity contribution in [3.63, 3.8) is 0 Å². The van der Waals surface area contributed by atoms with E-state index >= 15 is 0 Å². The van der Waals surface area contributed by atoms with Crippen LogP contribution in [0.25, 0.3) is 0 Å². The molecule has 6 heteroatoms. The third-order valence-corrected chi connectivity index (χ3v) is 8.38. The number of nitrogens with zero attached hydrogens (tertiary/aromatic N) is 1. The van der Waals surface area contributed by atoms with Gasteiger partial charge in [0.05, 0.1) is 11.2 Å². The van der Waals surface area contributed by atoms with E-state index < -0.39 is 11.3 Å². The van der Waals surface area contributed by atoms with Gasteiger partial charge in [0.15, 0.2) is 5.72 Å². The molecule has 2 N–H and O–H groups in total. The minimum atomic E-state index is -0.710. The highest BCUT2D eigenvalue weighted by molar-refractivity contribution is 5.98. The Morgan fingerprint density at radius 2 is 1.83 bits per heavy atom. The number of rotatable bonds is 2. The Morgan fingerprint density at radius 3 is 2.53 bits per heavy atom. The van der Waals surface area contributed by atoms with E-state index in [0.717, 1.165) is 32.1 Å². The molecule has 0 aromatic heterocycles. The number of benzene rings is 1. The van der Waals surface area contributed by atoms with E-state index in [9.17, 15) is 14.7 Å². The molecule has 2 amide bonds. The fraction of sp³-hybridized carbons (Fsp3) is 0.667. The van der Waals surface area contributed by atoms with Crippen LogP contribution in [0.1, 0.15) is 68.1 Å². The van der Waals surface area contributed by atoms with Gasteiger partial charge < -0.3 is 20.1 Å². The molecule has 1 spiro atoms. The molecule has 1 aromatic rings. The molecule has 2 atom stereocenters. The Labute approximate surface area is 177 Å². The standard InChI is InChI=1S/C24H30N2O4/c27-20(14-22-10-16-9-17(11-22)13-23(29,12-16)15-22)26-7-5-24(6-8-26)25-21(28)18-3-1-2-4-19(18)30-24/h1-4,16-17,29H,5-15H2,(H,25,28)/t16-,17-,22?,23?/m0/s1. The third-order valence-electron chi connectivity index (χ3n) is 8.38. The zero-order valence-corrected chi connectivity index (χ0v) is 17.4. The normalized spacial score (nSPS) is 38.2. The Kier molecular flexibility index (Phi) is 3.87. The summed E-state index contributed by atoms with van der Waals surface area (Å²) in [6.45, 7) is 1.18. The SMILES string of the molecule is O=C1NC2(CCN(C(=O)CC34C[C@@H]5C[C@H](CC(O)(C5)C3)C4)CC2)Oc2ccccc21. The number of carbonyl (C=O) groups excluding carboxylic acids is 2. The van der Waals surface area contributed by atoms with Gasteiger partial charge in [-0.05, 0) is 67.9 Å². The first kappa shape index (κ1) is 18.7. The first-order valence-electron chi connectivity index (χ1n) is 11.5. The molecule has 2 heterocycles. The zero-order valence-electron chi connectivity index (χ0n) is 17.4. The van der Waals surface area contributed by atoms with Crippen molar-refractivity contribution in [1.29, 1.82) is 0 Å². The number of hydrogen-bond acceptors (Lipinski definition) is 4. The van der Waals surface area contributed by atoms with Crippen LogP contribution < -0.4 is 10.1 Å². The van der Waals surface area contributed by atoms with Crippen molar-refractivity contribution in [2.45, 2.75) is 69.1 Å². The van der Waals surface area contributed by atoms with Crippen molar-refractivity contribution in [2.24, 2.45) is 17.3 Å². The highest BCUT2D eigenvalue weighted by atomic mass is 16.5. The van der Waals surface area contributed by atoms with Gasteiger partial charge in [-0.15, -0.1) is 0 Å². The van der Waals surface area contributed by atoms with E-state index in [4.69, 9.17) is 4.74 Å². The van der Waals surface area contributed by atoms with Gasteiger partial charge >= 0.3 is 0 Å². The van der Waals surface area contributed by atoms with Gasteiger partial charge in [-0.25, -0.2) is 0 Å². The summed E-state index contributed by atoms with van der Waals surface area (Å²) in [5, 5.41) is 14.0. The fourth-order valence-corrected chi connectivity index (χ4v) is 7.64. The minimum absolute atomic E-state index is 0.000451. The van der Waals surface area contributed by atoms with Gasteiger partial charge in [0.1, 0.15) is 5.75 Å². The van der Waals surface area contributed by atoms with Gasteiger partial charge in [0.25, 0.3) is 5.91 Å². The number of likely N-dealkylation sites (tertiary alicyclic amines) is 1. The van der Waals surface area contributed by atoms with E-state index in [1.54, 1.807) is 6.07 Å². The predicted octanol–water partition coefficient (Wildman–Crippen LogP) is 2.85. The number of aliphatic hydroxyl groups is 1. The maximum atomic E-state index is 13.2. The number of hydrogen-bond donors (Lipinski definition) is 2. The molecule has 2 aliphatic heterocycles. The van der Waals surface area contributed by atoms with Gasteiger partial charge in [-0.3, -0.25) is 9.59 Å². The molecule has 160 valence electrons. The molecule has 7 rings (SSSR count). The van der Waals surface area contributed by atoms with Crippen LogP contribution in [-0.2, 0) is 4.79 Å². The first-order valence-corrected chi connectivity index (χ1v) is 11.5. The molecule has 1 aromatic carbocycles. The maximum Gasteiger partial charge on any atom is 0.258 e. The first-order chi connectivity index (χ1) is 14.4. The molecule has 4 saturated carbocycles. The molecule has 5 fully saturated rings. The number of piperidine rings is 1. The summed E-state index contributed by atoms with van der Waals surface area (Å²) >= 11 is 0. The van der Waals surface area contributed by atoms with Crippen LogP contribution in [-0.4, -0.2) is 46.2 Å². The summed E-state index contributed by atoms with van der Waals surface area (Å²) in [4.78, 5) is 27.7. The van der Waals surface area contributed by atoms with E-state index in [0.29, 0.717) is 55.5 Å². The van der Waals surface area contributed by atoms with Crippen LogP contribution in [0.2, 0.25) is 0 Å². The third kappa shape index (κ3) is 2.95. The van der Waals surface area contributed by atoms with Gasteiger partial charge in [0.2, 0.25) is 5.91 Å². The summed E-state index contributed by atoms with van der Waals surface area (Å²) in [5.41, 5.74) is -0.664. The topological polar surface area (TPSA) is 78.9 Å². The van der Waals surface area contributed by atoms with E-state index in [2.05, 4.69) is 5.32 Å². The Morgan fingerprint density at radius 1 is 1.13 bits per heavy atom. The van der Waals surface area contributed by atoms with Gasteiger partial charge in [-0.1, -0.05) is 12.1 Å². The minimum Gasteiger partial charge on any atom is -0.467 e. The Bertz CT molecular complexity index is 890. The molecule has 6 nitrogen and oxygen atoms in total. The number of amides is 2. The maximum absolute atomic E-state index is 13.2. The Hall–Kier alpha value is -2.08. The summed E-state index contributed by atoms with van der Waals surface area (Å²) in [5.74, 6) is 1.93. The lowest BCUT2D eigenvalue weighted by Gasteiger charge is -2.60. The lowest BCUT2D eigenvalue weighted by molar-refractivity contribution is -0.173. The van der Waals surface area contributed by atoms with E-state index in [-0.39, 0.29) is 17.2 Å². The smallest absolute Gasteiger partial charge is 0.258 e. The summed E-state index contributed by atoms with van der Waals surface area (Å²) in [6, 6.07) is 7.33. The molecular formula is C24H30N2O4. The van der Waals surface area contributed by atoms with Crippen LogP contribution in [0.3, 0.4) is 0 Å². The molecule has 6 aliphatic rings. The molecule has 4 bridgehead atoms.